The van der Waals surface area contributed by atoms with Gasteiger partial charge in [-0.25, -0.2) is 22.6 Å². The number of aromatic nitrogens is 2. The quantitative estimate of drug-likeness (QED) is 0.443. The Balaban J connectivity index is 1.79. The first-order chi connectivity index (χ1) is 14.9. The molecule has 0 aliphatic rings. The van der Waals surface area contributed by atoms with E-state index in [2.05, 4.69) is 15.7 Å². The van der Waals surface area contributed by atoms with Crippen LogP contribution in [0.3, 0.4) is 0 Å². The fourth-order valence-corrected chi connectivity index (χ4v) is 2.74. The van der Waals surface area contributed by atoms with Crippen molar-refractivity contribution in [3.05, 3.63) is 87.6 Å². The lowest BCUT2D eigenvalue weighted by Crippen LogP contribution is -2.20. The molecule has 31 heavy (non-hydrogen) atoms. The molecule has 2 N–H and O–H groups in total. The van der Waals surface area contributed by atoms with Crippen LogP contribution < -0.4 is 16.1 Å². The number of halogens is 3. The monoisotopic (exact) mass is 432 g/mol. The third kappa shape index (κ3) is 5.70. The SMILES string of the molecule is CNCCOC(=O)Nc1cccc(Cc2nn(-c3cc(F)c(F)c(F)c3)ccc2=O)c1. The van der Waals surface area contributed by atoms with Gasteiger partial charge in [-0.05, 0) is 24.7 Å². The lowest BCUT2D eigenvalue weighted by molar-refractivity contribution is 0.163. The van der Waals surface area contributed by atoms with E-state index in [1.807, 2.05) is 0 Å². The number of carbonyl (C=O) groups is 1. The Bertz CT molecular complexity index is 1130. The van der Waals surface area contributed by atoms with E-state index in [-0.39, 0.29) is 29.8 Å². The molecule has 0 saturated carbocycles. The van der Waals surface area contributed by atoms with Gasteiger partial charge in [-0.15, -0.1) is 0 Å². The van der Waals surface area contributed by atoms with Gasteiger partial charge >= 0.3 is 6.09 Å². The van der Waals surface area contributed by atoms with E-state index in [0.717, 1.165) is 16.8 Å². The molecule has 10 heteroatoms. The smallest absolute Gasteiger partial charge is 0.411 e. The van der Waals surface area contributed by atoms with Crippen LogP contribution in [0.2, 0.25) is 0 Å². The van der Waals surface area contributed by atoms with Gasteiger partial charge in [0.25, 0.3) is 0 Å². The number of carbonyl (C=O) groups excluding carboxylic acids is 1. The van der Waals surface area contributed by atoms with Crippen molar-refractivity contribution in [3.8, 4) is 5.69 Å². The molecule has 2 aromatic carbocycles. The van der Waals surface area contributed by atoms with Gasteiger partial charge in [-0.2, -0.15) is 5.10 Å². The van der Waals surface area contributed by atoms with Crippen LogP contribution >= 0.6 is 0 Å². The van der Waals surface area contributed by atoms with Gasteiger partial charge in [0.15, 0.2) is 17.5 Å². The molecule has 0 aliphatic carbocycles. The highest BCUT2D eigenvalue weighted by atomic mass is 19.2. The maximum absolute atomic E-state index is 13.5. The number of nitrogens with one attached hydrogen (secondary N) is 2. The van der Waals surface area contributed by atoms with Gasteiger partial charge in [-0.3, -0.25) is 10.1 Å². The molecule has 1 amide bonds. The highest BCUT2D eigenvalue weighted by Crippen LogP contribution is 2.17. The standard InChI is InChI=1S/C21H19F3N4O3/c1-25-6-8-31-21(30)26-14-4-2-3-13(9-14)10-18-19(29)5-7-28(27-18)15-11-16(22)20(24)17(23)12-15/h2-5,7,9,11-12,25H,6,8,10H2,1H3,(H,26,30). The molecule has 162 valence electrons. The summed E-state index contributed by atoms with van der Waals surface area (Å²) in [6, 6.07) is 9.48. The maximum atomic E-state index is 13.5. The summed E-state index contributed by atoms with van der Waals surface area (Å²) in [7, 11) is 1.74. The minimum absolute atomic E-state index is 0.0719. The largest absolute Gasteiger partial charge is 0.448 e. The summed E-state index contributed by atoms with van der Waals surface area (Å²) in [5, 5.41) is 9.55. The number of hydrogen-bond acceptors (Lipinski definition) is 5. The first kappa shape index (κ1) is 22.0. The molecule has 0 atom stereocenters. The zero-order valence-corrected chi connectivity index (χ0v) is 16.5. The van der Waals surface area contributed by atoms with E-state index >= 15 is 0 Å². The number of likely N-dealkylation sites (N-methyl/N-ethyl adjacent to an activating group) is 1. The molecule has 0 saturated heterocycles. The Kier molecular flexibility index (Phi) is 7.03. The Labute approximate surface area is 175 Å². The average molecular weight is 432 g/mol. The van der Waals surface area contributed by atoms with Crippen LogP contribution in [0, 0.1) is 17.5 Å². The Morgan fingerprint density at radius 2 is 1.87 bits per heavy atom. The summed E-state index contributed by atoms with van der Waals surface area (Å²) < 4.78 is 46.3. The third-order valence-corrected chi connectivity index (χ3v) is 4.24. The van der Waals surface area contributed by atoms with Crippen molar-refractivity contribution in [2.45, 2.75) is 6.42 Å². The number of ether oxygens (including phenoxy) is 1. The normalized spacial score (nSPS) is 10.7. The molecular weight excluding hydrogens is 413 g/mol. The lowest BCUT2D eigenvalue weighted by atomic mass is 10.1. The topological polar surface area (TPSA) is 85.2 Å². The lowest BCUT2D eigenvalue weighted by Gasteiger charge is -2.10. The van der Waals surface area contributed by atoms with Gasteiger partial charge in [0.1, 0.15) is 12.3 Å². The molecule has 3 aromatic rings. The van der Waals surface area contributed by atoms with Gasteiger partial charge < -0.3 is 10.1 Å². The van der Waals surface area contributed by atoms with Crippen molar-refractivity contribution >= 4 is 11.8 Å². The van der Waals surface area contributed by atoms with Crippen molar-refractivity contribution in [3.63, 3.8) is 0 Å². The molecule has 1 heterocycles. The molecule has 0 spiro atoms. The minimum atomic E-state index is -1.58. The number of rotatable bonds is 7. The Hall–Kier alpha value is -3.66. The molecule has 0 unspecified atom stereocenters. The maximum Gasteiger partial charge on any atom is 0.411 e. The van der Waals surface area contributed by atoms with Gasteiger partial charge in [-0.1, -0.05) is 12.1 Å². The van der Waals surface area contributed by atoms with Crippen LogP contribution in [0.4, 0.5) is 23.7 Å². The van der Waals surface area contributed by atoms with Crippen LogP contribution in [0.15, 0.2) is 53.5 Å². The van der Waals surface area contributed by atoms with Crippen molar-refractivity contribution in [1.82, 2.24) is 15.1 Å². The second kappa shape index (κ2) is 9.90. The first-order valence-electron chi connectivity index (χ1n) is 9.28. The summed E-state index contributed by atoms with van der Waals surface area (Å²) >= 11 is 0. The van der Waals surface area contributed by atoms with Crippen LogP contribution in [0.25, 0.3) is 5.69 Å². The molecule has 0 aliphatic heterocycles. The molecule has 0 radical (unpaired) electrons. The third-order valence-electron chi connectivity index (χ3n) is 4.24. The van der Waals surface area contributed by atoms with Crippen LogP contribution in [-0.4, -0.2) is 36.1 Å². The highest BCUT2D eigenvalue weighted by Gasteiger charge is 2.13. The van der Waals surface area contributed by atoms with Crippen molar-refractivity contribution in [2.24, 2.45) is 0 Å². The zero-order chi connectivity index (χ0) is 22.4. The second-order valence-electron chi connectivity index (χ2n) is 6.54. The fraction of sp³-hybridized carbons (Fsp3) is 0.190. The Morgan fingerprint density at radius 3 is 2.58 bits per heavy atom. The summed E-state index contributed by atoms with van der Waals surface area (Å²) in [6.45, 7) is 0.724. The fourth-order valence-electron chi connectivity index (χ4n) is 2.74. The summed E-state index contributed by atoms with van der Waals surface area (Å²) in [4.78, 5) is 24.0. The van der Waals surface area contributed by atoms with Crippen molar-refractivity contribution < 1.29 is 22.7 Å². The zero-order valence-electron chi connectivity index (χ0n) is 16.5. The van der Waals surface area contributed by atoms with E-state index in [4.69, 9.17) is 4.74 Å². The molecule has 0 bridgehead atoms. The predicted octanol–water partition coefficient (Wildman–Crippen LogP) is 3.01. The van der Waals surface area contributed by atoms with Crippen LogP contribution in [0.1, 0.15) is 11.3 Å². The minimum Gasteiger partial charge on any atom is -0.448 e. The highest BCUT2D eigenvalue weighted by molar-refractivity contribution is 5.84. The molecule has 1 aromatic heterocycles. The van der Waals surface area contributed by atoms with E-state index < -0.39 is 23.5 Å². The first-order valence-corrected chi connectivity index (χ1v) is 9.28. The van der Waals surface area contributed by atoms with Crippen LogP contribution in [-0.2, 0) is 11.2 Å². The number of hydrogen-bond donors (Lipinski definition) is 2. The second-order valence-corrected chi connectivity index (χ2v) is 6.54. The predicted molar refractivity (Wildman–Crippen MR) is 108 cm³/mol. The van der Waals surface area contributed by atoms with Crippen molar-refractivity contribution in [2.75, 3.05) is 25.5 Å². The van der Waals surface area contributed by atoms with Gasteiger partial charge in [0, 0.05) is 43.0 Å². The number of nitrogens with zero attached hydrogens (tertiary/aromatic N) is 2. The Morgan fingerprint density at radius 1 is 1.13 bits per heavy atom. The van der Waals surface area contributed by atoms with E-state index in [1.165, 1.54) is 12.3 Å². The number of amides is 1. The molecular formula is C21H19F3N4O3. The van der Waals surface area contributed by atoms with Gasteiger partial charge in [0.2, 0.25) is 5.43 Å². The molecule has 7 nitrogen and oxygen atoms in total. The molecule has 3 rings (SSSR count). The van der Waals surface area contributed by atoms with Gasteiger partial charge in [0.05, 0.1) is 5.69 Å². The summed E-state index contributed by atoms with van der Waals surface area (Å²) in [6.07, 6.45) is 0.709. The summed E-state index contributed by atoms with van der Waals surface area (Å²) in [5.74, 6) is -4.31. The van der Waals surface area contributed by atoms with Crippen molar-refractivity contribution in [1.29, 1.82) is 0 Å². The number of anilines is 1. The number of benzene rings is 2. The van der Waals surface area contributed by atoms with E-state index in [1.54, 1.807) is 31.3 Å². The molecule has 0 fully saturated rings. The van der Waals surface area contributed by atoms with Crippen LogP contribution in [0.5, 0.6) is 0 Å². The van der Waals surface area contributed by atoms with E-state index in [9.17, 15) is 22.8 Å². The average Bonchev–Trinajstić information content (AvgIpc) is 2.73. The summed E-state index contributed by atoms with van der Waals surface area (Å²) in [5.41, 5.74) is 0.764. The van der Waals surface area contributed by atoms with E-state index in [0.29, 0.717) is 17.8 Å².